The van der Waals surface area contributed by atoms with Crippen LogP contribution in [-0.4, -0.2) is 5.78 Å². The molecule has 1 nitrogen and oxygen atoms in total. The Kier molecular flexibility index (Phi) is 2.84. The average Bonchev–Trinajstić information content (AvgIpc) is 2.34. The molecule has 3 heteroatoms. The van der Waals surface area contributed by atoms with Crippen LogP contribution in [0.2, 0.25) is 0 Å². The molecule has 0 amide bonds. The van der Waals surface area contributed by atoms with E-state index in [2.05, 4.69) is 15.9 Å². The summed E-state index contributed by atoms with van der Waals surface area (Å²) in [6.07, 6.45) is 0. The van der Waals surface area contributed by atoms with Gasteiger partial charge >= 0.3 is 0 Å². The molecule has 0 saturated heterocycles. The minimum Gasteiger partial charge on any atom is -0.293 e. The van der Waals surface area contributed by atoms with Crippen LogP contribution in [0.5, 0.6) is 0 Å². The maximum atomic E-state index is 11.3. The topological polar surface area (TPSA) is 17.1 Å². The third-order valence-corrected chi connectivity index (χ3v) is 2.98. The van der Waals surface area contributed by atoms with Crippen LogP contribution in [0.4, 0.5) is 0 Å². The number of hydrogen-bond donors (Lipinski definition) is 0. The van der Waals surface area contributed by atoms with Crippen LogP contribution in [0.3, 0.4) is 0 Å². The minimum absolute atomic E-state index is 0.0977. The third-order valence-electron chi connectivity index (χ3n) is 1.34. The number of hydrogen-bond acceptors (Lipinski definition) is 2. The van der Waals surface area contributed by atoms with E-state index in [1.165, 1.54) is 11.3 Å². The van der Waals surface area contributed by atoms with E-state index in [9.17, 15) is 4.79 Å². The molecule has 0 radical (unpaired) electrons. The van der Waals surface area contributed by atoms with Crippen LogP contribution < -0.4 is 0 Å². The molecule has 0 spiro atoms. The molecule has 0 aliphatic heterocycles. The molecule has 11 heavy (non-hydrogen) atoms. The van der Waals surface area contributed by atoms with Crippen LogP contribution in [0.1, 0.15) is 23.5 Å². The van der Waals surface area contributed by atoms with Crippen molar-refractivity contribution in [2.24, 2.45) is 5.92 Å². The van der Waals surface area contributed by atoms with Gasteiger partial charge in [-0.05, 0) is 28.1 Å². The Morgan fingerprint density at radius 1 is 1.55 bits per heavy atom. The van der Waals surface area contributed by atoms with E-state index in [1.54, 1.807) is 0 Å². The molecule has 0 unspecified atom stereocenters. The van der Waals surface area contributed by atoms with Gasteiger partial charge in [0, 0.05) is 5.92 Å². The highest BCUT2D eigenvalue weighted by Crippen LogP contribution is 2.24. The molecule has 0 aliphatic carbocycles. The van der Waals surface area contributed by atoms with Gasteiger partial charge in [-0.2, -0.15) is 0 Å². The largest absolute Gasteiger partial charge is 0.293 e. The minimum atomic E-state index is 0.0977. The Morgan fingerprint density at radius 2 is 2.18 bits per heavy atom. The fourth-order valence-electron chi connectivity index (χ4n) is 0.731. The van der Waals surface area contributed by atoms with Crippen molar-refractivity contribution in [3.05, 3.63) is 20.8 Å². The quantitative estimate of drug-likeness (QED) is 0.716. The van der Waals surface area contributed by atoms with E-state index in [4.69, 9.17) is 0 Å². The van der Waals surface area contributed by atoms with Gasteiger partial charge in [0.2, 0.25) is 0 Å². The molecule has 1 heterocycles. The smallest absolute Gasteiger partial charge is 0.175 e. The Morgan fingerprint density at radius 3 is 2.55 bits per heavy atom. The van der Waals surface area contributed by atoms with Crippen molar-refractivity contribution in [2.45, 2.75) is 13.8 Å². The zero-order valence-corrected chi connectivity index (χ0v) is 8.83. The number of ketones is 1. The highest BCUT2D eigenvalue weighted by atomic mass is 79.9. The van der Waals surface area contributed by atoms with Crippen LogP contribution in [-0.2, 0) is 0 Å². The lowest BCUT2D eigenvalue weighted by atomic mass is 10.1. The summed E-state index contributed by atoms with van der Waals surface area (Å²) in [4.78, 5) is 12.2. The highest BCUT2D eigenvalue weighted by molar-refractivity contribution is 9.11. The molecule has 1 aromatic heterocycles. The summed E-state index contributed by atoms with van der Waals surface area (Å²) >= 11 is 4.81. The summed E-state index contributed by atoms with van der Waals surface area (Å²) in [5.41, 5.74) is 0. The predicted molar refractivity (Wildman–Crippen MR) is 51.2 cm³/mol. The fraction of sp³-hybridized carbons (Fsp3) is 0.375. The molecule has 0 atom stereocenters. The molecule has 0 aliphatic rings. The van der Waals surface area contributed by atoms with Gasteiger partial charge in [-0.15, -0.1) is 11.3 Å². The zero-order chi connectivity index (χ0) is 8.43. The first-order valence-corrected chi connectivity index (χ1v) is 5.01. The van der Waals surface area contributed by atoms with Gasteiger partial charge in [-0.25, -0.2) is 0 Å². The second kappa shape index (κ2) is 3.50. The maximum absolute atomic E-state index is 11.3. The molecule has 0 saturated carbocycles. The van der Waals surface area contributed by atoms with E-state index in [0.29, 0.717) is 0 Å². The molecule has 0 fully saturated rings. The second-order valence-electron chi connectivity index (χ2n) is 2.62. The Hall–Kier alpha value is -0.150. The lowest BCUT2D eigenvalue weighted by molar-refractivity contribution is 0.0943. The van der Waals surface area contributed by atoms with Crippen molar-refractivity contribution in [3.8, 4) is 0 Å². The van der Waals surface area contributed by atoms with E-state index in [0.717, 1.165) is 8.66 Å². The molecule has 60 valence electrons. The second-order valence-corrected chi connectivity index (χ2v) is 5.09. The lowest BCUT2D eigenvalue weighted by Crippen LogP contribution is -2.04. The van der Waals surface area contributed by atoms with Gasteiger partial charge in [-0.1, -0.05) is 13.8 Å². The fourth-order valence-corrected chi connectivity index (χ4v) is 2.21. The number of carbonyl (C=O) groups is 1. The van der Waals surface area contributed by atoms with Gasteiger partial charge in [0.15, 0.2) is 5.78 Å². The summed E-state index contributed by atoms with van der Waals surface area (Å²) in [5, 5.41) is 0. The number of halogens is 1. The van der Waals surface area contributed by atoms with Crippen LogP contribution in [0.15, 0.2) is 15.9 Å². The first kappa shape index (κ1) is 8.94. The Bertz CT molecular complexity index is 265. The van der Waals surface area contributed by atoms with E-state index in [1.807, 2.05) is 26.0 Å². The lowest BCUT2D eigenvalue weighted by Gasteiger charge is -1.98. The molecule has 0 bridgehead atoms. The number of rotatable bonds is 2. The molecule has 1 aromatic rings. The van der Waals surface area contributed by atoms with E-state index < -0.39 is 0 Å². The first-order valence-electron chi connectivity index (χ1n) is 3.41. The first-order chi connectivity index (χ1) is 5.11. The van der Waals surface area contributed by atoms with Crippen LogP contribution in [0, 0.1) is 5.92 Å². The van der Waals surface area contributed by atoms with Crippen molar-refractivity contribution in [1.29, 1.82) is 0 Å². The maximum Gasteiger partial charge on any atom is 0.175 e. The number of carbonyl (C=O) groups excluding carboxylic acids is 1. The normalized spacial score (nSPS) is 10.5. The Balaban J connectivity index is 2.85. The molecule has 0 aromatic carbocycles. The van der Waals surface area contributed by atoms with Gasteiger partial charge in [0.25, 0.3) is 0 Å². The van der Waals surface area contributed by atoms with Crippen molar-refractivity contribution < 1.29 is 4.79 Å². The van der Waals surface area contributed by atoms with Crippen molar-refractivity contribution in [2.75, 3.05) is 0 Å². The van der Waals surface area contributed by atoms with E-state index >= 15 is 0 Å². The van der Waals surface area contributed by atoms with Gasteiger partial charge < -0.3 is 0 Å². The van der Waals surface area contributed by atoms with Crippen molar-refractivity contribution >= 4 is 33.0 Å². The number of thiophene rings is 1. The zero-order valence-electron chi connectivity index (χ0n) is 6.43. The molecular formula is C8H9BrOS. The summed E-state index contributed by atoms with van der Waals surface area (Å²) in [6.45, 7) is 3.83. The molecule has 0 N–H and O–H groups in total. The average molecular weight is 233 g/mol. The summed E-state index contributed by atoms with van der Waals surface area (Å²) in [6, 6.07) is 3.76. The summed E-state index contributed by atoms with van der Waals surface area (Å²) < 4.78 is 1.02. The monoisotopic (exact) mass is 232 g/mol. The highest BCUT2D eigenvalue weighted by Gasteiger charge is 2.11. The van der Waals surface area contributed by atoms with Crippen molar-refractivity contribution in [3.63, 3.8) is 0 Å². The summed E-state index contributed by atoms with van der Waals surface area (Å²) in [5.74, 6) is 0.321. The number of Topliss-reactive ketones (excluding diaryl/α,β-unsaturated/α-hetero) is 1. The van der Waals surface area contributed by atoms with Gasteiger partial charge in [0.05, 0.1) is 8.66 Å². The van der Waals surface area contributed by atoms with Gasteiger partial charge in [-0.3, -0.25) is 4.79 Å². The molecule has 1 rings (SSSR count). The standard InChI is InChI=1S/C8H9BrOS/c1-5(2)8(10)6-3-4-7(9)11-6/h3-5H,1-2H3. The van der Waals surface area contributed by atoms with Gasteiger partial charge in [0.1, 0.15) is 0 Å². The van der Waals surface area contributed by atoms with E-state index in [-0.39, 0.29) is 11.7 Å². The SMILES string of the molecule is CC(C)C(=O)c1ccc(Br)s1. The van der Waals surface area contributed by atoms with Crippen molar-refractivity contribution in [1.82, 2.24) is 0 Å². The van der Waals surface area contributed by atoms with Crippen LogP contribution >= 0.6 is 27.3 Å². The molecular weight excluding hydrogens is 224 g/mol. The third kappa shape index (κ3) is 2.14. The van der Waals surface area contributed by atoms with Crippen LogP contribution in [0.25, 0.3) is 0 Å². The summed E-state index contributed by atoms with van der Waals surface area (Å²) in [7, 11) is 0. The Labute approximate surface area is 78.6 Å². The predicted octanol–water partition coefficient (Wildman–Crippen LogP) is 3.35.